The molecule has 1 unspecified atom stereocenters. The fraction of sp³-hybridized carbons (Fsp3) is 0.300. The Balaban J connectivity index is 2.45. The van der Waals surface area contributed by atoms with E-state index in [1.807, 2.05) is 13.0 Å². The van der Waals surface area contributed by atoms with E-state index in [0.29, 0.717) is 6.54 Å². The number of hydrogen-bond donors (Lipinski definition) is 2. The van der Waals surface area contributed by atoms with Crippen LogP contribution in [0, 0.1) is 0 Å². The van der Waals surface area contributed by atoms with E-state index in [2.05, 4.69) is 16.9 Å². The third-order valence-corrected chi connectivity index (χ3v) is 1.77. The number of nitrogens with zero attached hydrogens (tertiary/aromatic N) is 1. The normalized spacial score (nSPS) is 12.4. The lowest BCUT2D eigenvalue weighted by molar-refractivity contribution is 0.471. The van der Waals surface area contributed by atoms with Crippen molar-refractivity contribution in [3.05, 3.63) is 36.7 Å². The van der Waals surface area contributed by atoms with Gasteiger partial charge in [0.1, 0.15) is 5.75 Å². The van der Waals surface area contributed by atoms with Gasteiger partial charge in [0.2, 0.25) is 0 Å². The number of aromatic nitrogens is 1. The van der Waals surface area contributed by atoms with E-state index in [0.717, 1.165) is 5.69 Å². The molecule has 0 aliphatic carbocycles. The summed E-state index contributed by atoms with van der Waals surface area (Å²) in [4.78, 5) is 4.04. The zero-order valence-corrected chi connectivity index (χ0v) is 7.70. The molecule has 0 saturated carbocycles. The third kappa shape index (κ3) is 3.25. The van der Waals surface area contributed by atoms with Crippen LogP contribution in [-0.4, -0.2) is 16.1 Å². The number of pyridine rings is 1. The van der Waals surface area contributed by atoms with E-state index >= 15 is 0 Å². The third-order valence-electron chi connectivity index (χ3n) is 1.77. The Morgan fingerprint density at radius 1 is 1.69 bits per heavy atom. The second kappa shape index (κ2) is 4.62. The highest BCUT2D eigenvalue weighted by atomic mass is 16.3. The average Bonchev–Trinajstić information content (AvgIpc) is 2.16. The van der Waals surface area contributed by atoms with Gasteiger partial charge in [-0.05, 0) is 19.1 Å². The first-order valence-corrected chi connectivity index (χ1v) is 4.22. The largest absolute Gasteiger partial charge is 0.506 e. The summed E-state index contributed by atoms with van der Waals surface area (Å²) in [6, 6.07) is 3.69. The van der Waals surface area contributed by atoms with Crippen molar-refractivity contribution in [2.24, 2.45) is 0 Å². The number of aromatic hydroxyl groups is 1. The Morgan fingerprint density at radius 2 is 2.46 bits per heavy atom. The van der Waals surface area contributed by atoms with Crippen molar-refractivity contribution >= 4 is 0 Å². The molecule has 3 nitrogen and oxygen atoms in total. The fourth-order valence-corrected chi connectivity index (χ4v) is 0.870. The summed E-state index contributed by atoms with van der Waals surface area (Å²) in [6.07, 6.45) is 3.27. The molecule has 0 saturated heterocycles. The Bertz CT molecular complexity index is 269. The molecule has 1 heterocycles. The smallest absolute Gasteiger partial charge is 0.133 e. The van der Waals surface area contributed by atoms with Gasteiger partial charge in [0.15, 0.2) is 0 Å². The zero-order chi connectivity index (χ0) is 9.68. The van der Waals surface area contributed by atoms with Gasteiger partial charge in [-0.3, -0.25) is 4.98 Å². The molecule has 0 bridgehead atoms. The molecule has 3 heteroatoms. The molecule has 0 amide bonds. The van der Waals surface area contributed by atoms with Gasteiger partial charge in [-0.1, -0.05) is 6.08 Å². The Hall–Kier alpha value is -1.35. The van der Waals surface area contributed by atoms with Crippen LogP contribution >= 0.6 is 0 Å². The van der Waals surface area contributed by atoms with Gasteiger partial charge in [-0.15, -0.1) is 6.58 Å². The molecule has 2 N–H and O–H groups in total. The lowest BCUT2D eigenvalue weighted by atomic mass is 10.3. The van der Waals surface area contributed by atoms with Crippen LogP contribution < -0.4 is 5.32 Å². The zero-order valence-electron chi connectivity index (χ0n) is 7.70. The quantitative estimate of drug-likeness (QED) is 0.686. The molecular formula is C10H14N2O. The van der Waals surface area contributed by atoms with Crippen molar-refractivity contribution in [2.75, 3.05) is 0 Å². The first-order chi connectivity index (χ1) is 6.22. The fourth-order valence-electron chi connectivity index (χ4n) is 0.870. The minimum atomic E-state index is 0.195. The van der Waals surface area contributed by atoms with E-state index in [-0.39, 0.29) is 11.8 Å². The van der Waals surface area contributed by atoms with Crippen LogP contribution in [0.15, 0.2) is 31.0 Å². The van der Waals surface area contributed by atoms with Crippen LogP contribution in [0.3, 0.4) is 0 Å². The molecule has 13 heavy (non-hydrogen) atoms. The van der Waals surface area contributed by atoms with Gasteiger partial charge < -0.3 is 10.4 Å². The molecule has 1 aromatic heterocycles. The average molecular weight is 178 g/mol. The van der Waals surface area contributed by atoms with Gasteiger partial charge >= 0.3 is 0 Å². The van der Waals surface area contributed by atoms with E-state index in [9.17, 15) is 0 Å². The monoisotopic (exact) mass is 178 g/mol. The number of hydrogen-bond acceptors (Lipinski definition) is 3. The summed E-state index contributed by atoms with van der Waals surface area (Å²) >= 11 is 0. The first-order valence-electron chi connectivity index (χ1n) is 4.22. The molecule has 1 rings (SSSR count). The minimum Gasteiger partial charge on any atom is -0.506 e. The molecule has 0 radical (unpaired) electrons. The molecule has 0 spiro atoms. The van der Waals surface area contributed by atoms with Crippen molar-refractivity contribution in [3.63, 3.8) is 0 Å². The van der Waals surface area contributed by atoms with Gasteiger partial charge in [0, 0.05) is 12.6 Å². The number of nitrogens with one attached hydrogen (secondary N) is 1. The van der Waals surface area contributed by atoms with Crippen LogP contribution in [0.2, 0.25) is 0 Å². The molecular weight excluding hydrogens is 164 g/mol. The highest BCUT2D eigenvalue weighted by Crippen LogP contribution is 2.05. The van der Waals surface area contributed by atoms with Crippen molar-refractivity contribution in [3.8, 4) is 5.75 Å². The maximum absolute atomic E-state index is 8.98. The van der Waals surface area contributed by atoms with Crippen LogP contribution in [0.25, 0.3) is 0 Å². The highest BCUT2D eigenvalue weighted by molar-refractivity contribution is 5.17. The van der Waals surface area contributed by atoms with E-state index in [1.165, 1.54) is 6.20 Å². The van der Waals surface area contributed by atoms with E-state index in [1.54, 1.807) is 12.1 Å². The summed E-state index contributed by atoms with van der Waals surface area (Å²) in [6.45, 7) is 6.37. The van der Waals surface area contributed by atoms with Gasteiger partial charge in [0.25, 0.3) is 0 Å². The summed E-state index contributed by atoms with van der Waals surface area (Å²) in [7, 11) is 0. The summed E-state index contributed by atoms with van der Waals surface area (Å²) in [5.41, 5.74) is 0.909. The summed E-state index contributed by atoms with van der Waals surface area (Å²) in [5, 5.41) is 12.2. The molecule has 1 atom stereocenters. The van der Waals surface area contributed by atoms with Gasteiger partial charge in [-0.25, -0.2) is 0 Å². The maximum Gasteiger partial charge on any atom is 0.133 e. The standard InChI is InChI=1S/C10H14N2O/c1-3-8(2)11-6-9-4-5-10(13)7-12-9/h3-5,7-8,11,13H,1,6H2,2H3. The van der Waals surface area contributed by atoms with E-state index < -0.39 is 0 Å². The van der Waals surface area contributed by atoms with Crippen molar-refractivity contribution in [1.82, 2.24) is 10.3 Å². The topological polar surface area (TPSA) is 45.1 Å². The van der Waals surface area contributed by atoms with Crippen molar-refractivity contribution in [2.45, 2.75) is 19.5 Å². The summed E-state index contributed by atoms with van der Waals surface area (Å²) in [5.74, 6) is 0.195. The lowest BCUT2D eigenvalue weighted by Crippen LogP contribution is -2.23. The molecule has 1 aromatic rings. The molecule has 70 valence electrons. The Labute approximate surface area is 78.1 Å². The predicted molar refractivity (Wildman–Crippen MR) is 52.4 cm³/mol. The lowest BCUT2D eigenvalue weighted by Gasteiger charge is -2.07. The molecule has 0 fully saturated rings. The number of rotatable bonds is 4. The highest BCUT2D eigenvalue weighted by Gasteiger charge is 1.97. The van der Waals surface area contributed by atoms with Crippen molar-refractivity contribution in [1.29, 1.82) is 0 Å². The van der Waals surface area contributed by atoms with E-state index in [4.69, 9.17) is 5.11 Å². The maximum atomic E-state index is 8.98. The van der Waals surface area contributed by atoms with Crippen LogP contribution in [0.4, 0.5) is 0 Å². The van der Waals surface area contributed by atoms with Crippen LogP contribution in [0.1, 0.15) is 12.6 Å². The molecule has 0 aliphatic rings. The van der Waals surface area contributed by atoms with Gasteiger partial charge in [0.05, 0.1) is 11.9 Å². The second-order valence-corrected chi connectivity index (χ2v) is 2.91. The summed E-state index contributed by atoms with van der Waals surface area (Å²) < 4.78 is 0. The van der Waals surface area contributed by atoms with Crippen molar-refractivity contribution < 1.29 is 5.11 Å². The first kappa shape index (κ1) is 9.74. The minimum absolute atomic E-state index is 0.195. The Morgan fingerprint density at radius 3 is 3.00 bits per heavy atom. The van der Waals surface area contributed by atoms with Gasteiger partial charge in [-0.2, -0.15) is 0 Å². The predicted octanol–water partition coefficient (Wildman–Crippen LogP) is 1.45. The SMILES string of the molecule is C=CC(C)NCc1ccc(O)cn1. The van der Waals surface area contributed by atoms with Crippen LogP contribution in [0.5, 0.6) is 5.75 Å². The second-order valence-electron chi connectivity index (χ2n) is 2.91. The molecule has 0 aliphatic heterocycles. The molecule has 0 aromatic carbocycles. The van der Waals surface area contributed by atoms with Crippen LogP contribution in [-0.2, 0) is 6.54 Å². The Kier molecular flexibility index (Phi) is 3.46.